The van der Waals surface area contributed by atoms with Crippen LogP contribution in [0.25, 0.3) is 0 Å². The summed E-state index contributed by atoms with van der Waals surface area (Å²) in [7, 11) is -3.32. The van der Waals surface area contributed by atoms with Crippen molar-refractivity contribution in [2.75, 3.05) is 65.3 Å². The lowest BCUT2D eigenvalue weighted by molar-refractivity contribution is 0.0366. The van der Waals surface area contributed by atoms with Crippen LogP contribution in [0.2, 0.25) is 0 Å². The van der Waals surface area contributed by atoms with Crippen LogP contribution in [0.3, 0.4) is 0 Å². The number of ether oxygens (including phenoxy) is 1. The van der Waals surface area contributed by atoms with Crippen LogP contribution in [0.15, 0.2) is 30.3 Å². The number of urea groups is 1. The molecule has 2 heterocycles. The zero-order valence-electron chi connectivity index (χ0n) is 17.8. The second-order valence-electron chi connectivity index (χ2n) is 8.04. The molecule has 0 radical (unpaired) electrons. The van der Waals surface area contributed by atoms with E-state index < -0.39 is 10.0 Å². The summed E-state index contributed by atoms with van der Waals surface area (Å²) in [5.74, 6) is 0. The third-order valence-corrected chi connectivity index (χ3v) is 7.11. The maximum absolute atomic E-state index is 12.5. The standard InChI is InChI=1S/C21H34N4O4S/c1-30(27,28)25(12-5-11-23-14-16-29-17-15-23)20-9-13-24(18-20)21(26)22-10-8-19-6-3-2-4-7-19/h2-4,6-7,20H,5,8-18H2,1H3,(H,22,26). The third kappa shape index (κ3) is 6.94. The summed E-state index contributed by atoms with van der Waals surface area (Å²) in [5, 5.41) is 2.96. The smallest absolute Gasteiger partial charge is 0.317 e. The van der Waals surface area contributed by atoms with E-state index in [1.54, 1.807) is 9.21 Å². The molecule has 2 aliphatic heterocycles. The molecule has 2 saturated heterocycles. The van der Waals surface area contributed by atoms with Gasteiger partial charge in [0.05, 0.1) is 19.5 Å². The predicted octanol–water partition coefficient (Wildman–Crippen LogP) is 0.997. The Kier molecular flexibility index (Phi) is 8.50. The number of rotatable bonds is 9. The highest BCUT2D eigenvalue weighted by Gasteiger charge is 2.34. The first-order valence-electron chi connectivity index (χ1n) is 10.8. The van der Waals surface area contributed by atoms with E-state index in [2.05, 4.69) is 10.2 Å². The van der Waals surface area contributed by atoms with E-state index in [4.69, 9.17) is 4.74 Å². The molecule has 1 unspecified atom stereocenters. The van der Waals surface area contributed by atoms with Gasteiger partial charge in [-0.2, -0.15) is 4.31 Å². The third-order valence-electron chi connectivity index (χ3n) is 5.77. The van der Waals surface area contributed by atoms with Crippen molar-refractivity contribution in [3.05, 3.63) is 35.9 Å². The Morgan fingerprint density at radius 3 is 2.63 bits per heavy atom. The summed E-state index contributed by atoms with van der Waals surface area (Å²) in [4.78, 5) is 16.5. The lowest BCUT2D eigenvalue weighted by atomic mass is 10.1. The molecule has 0 aliphatic carbocycles. The SMILES string of the molecule is CS(=O)(=O)N(CCCN1CCOCC1)C1CCN(C(=O)NCCc2ccccc2)C1. The quantitative estimate of drug-likeness (QED) is 0.622. The van der Waals surface area contributed by atoms with Gasteiger partial charge in [-0.15, -0.1) is 0 Å². The van der Waals surface area contributed by atoms with Crippen LogP contribution in [0.1, 0.15) is 18.4 Å². The number of hydrogen-bond donors (Lipinski definition) is 1. The predicted molar refractivity (Wildman–Crippen MR) is 117 cm³/mol. The number of morpholine rings is 1. The van der Waals surface area contributed by atoms with E-state index in [1.807, 2.05) is 30.3 Å². The monoisotopic (exact) mass is 438 g/mol. The second-order valence-corrected chi connectivity index (χ2v) is 9.97. The first kappa shape index (κ1) is 23.0. The van der Waals surface area contributed by atoms with Gasteiger partial charge in [-0.3, -0.25) is 4.90 Å². The van der Waals surface area contributed by atoms with Crippen LogP contribution < -0.4 is 5.32 Å². The highest BCUT2D eigenvalue weighted by molar-refractivity contribution is 7.88. The van der Waals surface area contributed by atoms with Gasteiger partial charge in [0.1, 0.15) is 0 Å². The van der Waals surface area contributed by atoms with Crippen molar-refractivity contribution in [2.24, 2.45) is 0 Å². The molecule has 2 fully saturated rings. The Labute approximate surface area is 180 Å². The molecule has 1 aromatic carbocycles. The molecule has 168 valence electrons. The van der Waals surface area contributed by atoms with Crippen molar-refractivity contribution < 1.29 is 17.9 Å². The van der Waals surface area contributed by atoms with Crippen molar-refractivity contribution in [3.8, 4) is 0 Å². The average molecular weight is 439 g/mol. The van der Waals surface area contributed by atoms with Crippen LogP contribution >= 0.6 is 0 Å². The lowest BCUT2D eigenvalue weighted by Crippen LogP contribution is -2.45. The second kappa shape index (κ2) is 11.1. The molecule has 2 aliphatic rings. The molecule has 30 heavy (non-hydrogen) atoms. The van der Waals surface area contributed by atoms with Gasteiger partial charge in [-0.1, -0.05) is 30.3 Å². The number of benzene rings is 1. The summed E-state index contributed by atoms with van der Waals surface area (Å²) in [6.45, 7) is 6.24. The Hall–Kier alpha value is -1.68. The molecular weight excluding hydrogens is 404 g/mol. The average Bonchev–Trinajstić information content (AvgIpc) is 3.21. The first-order valence-corrected chi connectivity index (χ1v) is 12.6. The van der Waals surface area contributed by atoms with Gasteiger partial charge < -0.3 is 15.0 Å². The Bertz CT molecular complexity index is 768. The molecule has 0 saturated carbocycles. The number of likely N-dealkylation sites (tertiary alicyclic amines) is 1. The van der Waals surface area contributed by atoms with Gasteiger partial charge >= 0.3 is 6.03 Å². The summed E-state index contributed by atoms with van der Waals surface area (Å²) in [6, 6.07) is 9.76. The van der Waals surface area contributed by atoms with Crippen LogP contribution in [0, 0.1) is 0 Å². The molecule has 8 nitrogen and oxygen atoms in total. The molecule has 9 heteroatoms. The highest BCUT2D eigenvalue weighted by Crippen LogP contribution is 2.19. The van der Waals surface area contributed by atoms with E-state index in [9.17, 15) is 13.2 Å². The largest absolute Gasteiger partial charge is 0.379 e. The van der Waals surface area contributed by atoms with Crippen molar-refractivity contribution >= 4 is 16.1 Å². The number of carbonyl (C=O) groups is 1. The lowest BCUT2D eigenvalue weighted by Gasteiger charge is -2.30. The fourth-order valence-corrected chi connectivity index (χ4v) is 5.30. The molecular formula is C21H34N4O4S. The minimum absolute atomic E-state index is 0.116. The minimum atomic E-state index is -3.32. The van der Waals surface area contributed by atoms with Crippen molar-refractivity contribution in [1.29, 1.82) is 0 Å². The topological polar surface area (TPSA) is 82.2 Å². The fraction of sp³-hybridized carbons (Fsp3) is 0.667. The molecule has 3 rings (SSSR count). The van der Waals surface area contributed by atoms with Crippen molar-refractivity contribution in [2.45, 2.75) is 25.3 Å². The van der Waals surface area contributed by atoms with Crippen LogP contribution in [0.5, 0.6) is 0 Å². The summed E-state index contributed by atoms with van der Waals surface area (Å²) < 4.78 is 31.7. The zero-order valence-corrected chi connectivity index (χ0v) is 18.6. The van der Waals surface area contributed by atoms with E-state index >= 15 is 0 Å². The zero-order chi connectivity index (χ0) is 21.4. The van der Waals surface area contributed by atoms with Gasteiger partial charge in [-0.25, -0.2) is 13.2 Å². The van der Waals surface area contributed by atoms with Gasteiger partial charge in [0.2, 0.25) is 10.0 Å². The van der Waals surface area contributed by atoms with E-state index in [1.165, 1.54) is 11.8 Å². The maximum atomic E-state index is 12.5. The van der Waals surface area contributed by atoms with Gasteiger partial charge in [0.25, 0.3) is 0 Å². The van der Waals surface area contributed by atoms with Gasteiger partial charge in [0, 0.05) is 45.3 Å². The Morgan fingerprint density at radius 2 is 1.93 bits per heavy atom. The van der Waals surface area contributed by atoms with Gasteiger partial charge in [0.15, 0.2) is 0 Å². The summed E-state index contributed by atoms with van der Waals surface area (Å²) >= 11 is 0. The van der Waals surface area contributed by atoms with Crippen LogP contribution in [-0.2, 0) is 21.2 Å². The number of nitrogens with one attached hydrogen (secondary N) is 1. The number of hydrogen-bond acceptors (Lipinski definition) is 5. The first-order chi connectivity index (χ1) is 14.4. The number of carbonyl (C=O) groups excluding carboxylic acids is 1. The molecule has 0 bridgehead atoms. The van der Waals surface area contributed by atoms with E-state index in [0.717, 1.165) is 45.7 Å². The minimum Gasteiger partial charge on any atom is -0.379 e. The number of amides is 2. The molecule has 0 aromatic heterocycles. The van der Waals surface area contributed by atoms with E-state index in [-0.39, 0.29) is 12.1 Å². The Morgan fingerprint density at radius 1 is 1.20 bits per heavy atom. The Balaban J connectivity index is 1.44. The molecule has 1 aromatic rings. The molecule has 1 atom stereocenters. The summed E-state index contributed by atoms with van der Waals surface area (Å²) in [5.41, 5.74) is 1.18. The number of sulfonamides is 1. The maximum Gasteiger partial charge on any atom is 0.317 e. The van der Waals surface area contributed by atoms with Gasteiger partial charge in [-0.05, 0) is 31.4 Å². The van der Waals surface area contributed by atoms with Crippen LogP contribution in [0.4, 0.5) is 4.79 Å². The number of nitrogens with zero attached hydrogens (tertiary/aromatic N) is 3. The summed E-state index contributed by atoms with van der Waals surface area (Å²) in [6.07, 6.45) is 3.51. The van der Waals surface area contributed by atoms with E-state index in [0.29, 0.717) is 32.6 Å². The van der Waals surface area contributed by atoms with Crippen molar-refractivity contribution in [3.63, 3.8) is 0 Å². The molecule has 2 amide bonds. The molecule has 0 spiro atoms. The highest BCUT2D eigenvalue weighted by atomic mass is 32.2. The van der Waals surface area contributed by atoms with Crippen LogP contribution in [-0.4, -0.2) is 99.9 Å². The normalized spacial score (nSPS) is 20.6. The fourth-order valence-electron chi connectivity index (χ4n) is 4.13. The van der Waals surface area contributed by atoms with Crippen molar-refractivity contribution in [1.82, 2.24) is 19.4 Å². The molecule has 1 N–H and O–H groups in total.